The van der Waals surface area contributed by atoms with E-state index in [1.165, 1.54) is 31.7 Å². The quantitative estimate of drug-likeness (QED) is 0.753. The van der Waals surface area contributed by atoms with Gasteiger partial charge in [0.25, 0.3) is 10.0 Å². The summed E-state index contributed by atoms with van der Waals surface area (Å²) in [7, 11) is 0.295. The second-order valence-electron chi connectivity index (χ2n) is 5.57. The van der Waals surface area contributed by atoms with E-state index in [9.17, 15) is 8.42 Å². The Morgan fingerprint density at radius 2 is 2.05 bits per heavy atom. The van der Waals surface area contributed by atoms with Crippen LogP contribution >= 0.6 is 0 Å². The molecule has 1 saturated carbocycles. The van der Waals surface area contributed by atoms with Crippen LogP contribution in [0.5, 0.6) is 0 Å². The lowest BCUT2D eigenvalue weighted by Gasteiger charge is -2.23. The number of nitrogens with one attached hydrogen (secondary N) is 2. The zero-order valence-electron chi connectivity index (χ0n) is 12.8. The number of sulfonamides is 1. The van der Waals surface area contributed by atoms with Crippen molar-refractivity contribution in [1.29, 1.82) is 0 Å². The van der Waals surface area contributed by atoms with Crippen molar-refractivity contribution in [2.24, 2.45) is 0 Å². The molecular formula is C14H25N3O3S. The predicted molar refractivity (Wildman–Crippen MR) is 81.5 cm³/mol. The van der Waals surface area contributed by atoms with Gasteiger partial charge in [-0.1, -0.05) is 12.8 Å². The fourth-order valence-corrected chi connectivity index (χ4v) is 3.69. The molecule has 0 spiro atoms. The maximum Gasteiger partial charge on any atom is 0.274 e. The molecule has 0 bridgehead atoms. The third-order valence-electron chi connectivity index (χ3n) is 3.96. The monoisotopic (exact) mass is 315 g/mol. The number of likely N-dealkylation sites (N-methyl/N-ethyl adjacent to an activating group) is 1. The van der Waals surface area contributed by atoms with Crippen molar-refractivity contribution in [2.75, 3.05) is 27.2 Å². The summed E-state index contributed by atoms with van der Waals surface area (Å²) in [5, 5.41) is 2.91. The van der Waals surface area contributed by atoms with Crippen molar-refractivity contribution < 1.29 is 12.8 Å². The molecule has 1 heterocycles. The summed E-state index contributed by atoms with van der Waals surface area (Å²) in [6, 6.07) is 3.77. The van der Waals surface area contributed by atoms with Gasteiger partial charge in [0.1, 0.15) is 5.76 Å². The molecule has 1 aromatic rings. The first-order valence-corrected chi connectivity index (χ1v) is 8.94. The van der Waals surface area contributed by atoms with Crippen LogP contribution in [0.4, 0.5) is 0 Å². The smallest absolute Gasteiger partial charge is 0.274 e. The van der Waals surface area contributed by atoms with Gasteiger partial charge in [0.05, 0.1) is 6.54 Å². The molecule has 2 rings (SSSR count). The lowest BCUT2D eigenvalue weighted by atomic mass is 10.2. The normalized spacial score (nSPS) is 16.9. The summed E-state index contributed by atoms with van der Waals surface area (Å²) in [5.41, 5.74) is 0. The third kappa shape index (κ3) is 4.54. The van der Waals surface area contributed by atoms with E-state index < -0.39 is 10.0 Å². The van der Waals surface area contributed by atoms with Crippen LogP contribution in [-0.4, -0.2) is 46.5 Å². The van der Waals surface area contributed by atoms with Crippen LogP contribution in [0.3, 0.4) is 0 Å². The Hall–Kier alpha value is -0.890. The molecule has 0 amide bonds. The van der Waals surface area contributed by atoms with E-state index in [1.54, 1.807) is 13.1 Å². The van der Waals surface area contributed by atoms with Gasteiger partial charge in [-0.25, -0.2) is 13.1 Å². The van der Waals surface area contributed by atoms with E-state index in [0.717, 1.165) is 0 Å². The minimum absolute atomic E-state index is 0.0173. The van der Waals surface area contributed by atoms with Crippen LogP contribution in [0.15, 0.2) is 21.6 Å². The number of hydrogen-bond donors (Lipinski definition) is 2. The zero-order valence-corrected chi connectivity index (χ0v) is 13.6. The SMILES string of the molecule is CNCc1ccc(S(=O)(=O)NCCN(C)C2CCCC2)o1. The molecule has 0 saturated heterocycles. The van der Waals surface area contributed by atoms with E-state index >= 15 is 0 Å². The number of hydrogen-bond acceptors (Lipinski definition) is 5. The Labute approximate surface area is 126 Å². The first-order valence-electron chi connectivity index (χ1n) is 7.46. The molecular weight excluding hydrogens is 290 g/mol. The Bertz CT molecular complexity index is 535. The summed E-state index contributed by atoms with van der Waals surface area (Å²) >= 11 is 0. The van der Waals surface area contributed by atoms with Gasteiger partial charge in [0.15, 0.2) is 0 Å². The van der Waals surface area contributed by atoms with E-state index in [-0.39, 0.29) is 5.09 Å². The van der Waals surface area contributed by atoms with E-state index in [0.29, 0.717) is 31.4 Å². The van der Waals surface area contributed by atoms with Crippen LogP contribution in [-0.2, 0) is 16.6 Å². The fourth-order valence-electron chi connectivity index (χ4n) is 2.73. The van der Waals surface area contributed by atoms with Crippen LogP contribution in [0, 0.1) is 0 Å². The highest BCUT2D eigenvalue weighted by Crippen LogP contribution is 2.22. The largest absolute Gasteiger partial charge is 0.447 e. The topological polar surface area (TPSA) is 74.6 Å². The molecule has 0 unspecified atom stereocenters. The minimum atomic E-state index is -3.55. The van der Waals surface area contributed by atoms with Gasteiger partial charge < -0.3 is 14.6 Å². The molecule has 2 N–H and O–H groups in total. The maximum absolute atomic E-state index is 12.1. The van der Waals surface area contributed by atoms with Crippen molar-refractivity contribution in [3.63, 3.8) is 0 Å². The van der Waals surface area contributed by atoms with Gasteiger partial charge in [-0.2, -0.15) is 0 Å². The van der Waals surface area contributed by atoms with Crippen molar-refractivity contribution in [3.8, 4) is 0 Å². The first kappa shape index (κ1) is 16.5. The standard InChI is InChI=1S/C14H25N3O3S/c1-15-11-13-7-8-14(20-13)21(18,19)16-9-10-17(2)12-5-3-4-6-12/h7-8,12,15-16H,3-6,9-11H2,1-2H3. The number of nitrogens with zero attached hydrogens (tertiary/aromatic N) is 1. The molecule has 0 atom stereocenters. The average molecular weight is 315 g/mol. The van der Waals surface area contributed by atoms with Crippen LogP contribution in [0.2, 0.25) is 0 Å². The second-order valence-corrected chi connectivity index (χ2v) is 7.27. The maximum atomic E-state index is 12.1. The molecule has 1 aliphatic rings. The van der Waals surface area contributed by atoms with Gasteiger partial charge in [0, 0.05) is 19.1 Å². The van der Waals surface area contributed by atoms with Crippen LogP contribution in [0.25, 0.3) is 0 Å². The molecule has 120 valence electrons. The lowest BCUT2D eigenvalue weighted by molar-refractivity contribution is 0.249. The molecule has 1 aromatic heterocycles. The predicted octanol–water partition coefficient (Wildman–Crippen LogP) is 1.15. The summed E-state index contributed by atoms with van der Waals surface area (Å²) < 4.78 is 32.1. The Kier molecular flexibility index (Phi) is 5.80. The molecule has 0 aliphatic heterocycles. The average Bonchev–Trinajstić information content (AvgIpc) is 3.10. The number of rotatable bonds is 8. The highest BCUT2D eigenvalue weighted by atomic mass is 32.2. The van der Waals surface area contributed by atoms with Crippen LogP contribution < -0.4 is 10.0 Å². The van der Waals surface area contributed by atoms with Gasteiger partial charge in [0.2, 0.25) is 5.09 Å². The lowest BCUT2D eigenvalue weighted by Crippen LogP contribution is -2.37. The zero-order chi connectivity index (χ0) is 15.3. The molecule has 1 fully saturated rings. The molecule has 21 heavy (non-hydrogen) atoms. The van der Waals surface area contributed by atoms with Gasteiger partial charge in [-0.05, 0) is 39.1 Å². The molecule has 6 nitrogen and oxygen atoms in total. The summed E-state index contributed by atoms with van der Waals surface area (Å²) in [4.78, 5) is 2.24. The van der Waals surface area contributed by atoms with E-state index in [2.05, 4.69) is 22.0 Å². The fraction of sp³-hybridized carbons (Fsp3) is 0.714. The highest BCUT2D eigenvalue weighted by Gasteiger charge is 2.21. The van der Waals surface area contributed by atoms with Crippen molar-refractivity contribution in [1.82, 2.24) is 14.9 Å². The van der Waals surface area contributed by atoms with Crippen LogP contribution in [0.1, 0.15) is 31.4 Å². The summed E-state index contributed by atoms with van der Waals surface area (Å²) in [6.07, 6.45) is 4.99. The molecule has 0 aromatic carbocycles. The van der Waals surface area contributed by atoms with E-state index in [4.69, 9.17) is 4.42 Å². The summed E-state index contributed by atoms with van der Waals surface area (Å²) in [5.74, 6) is 0.612. The highest BCUT2D eigenvalue weighted by molar-refractivity contribution is 7.89. The molecule has 7 heteroatoms. The third-order valence-corrected chi connectivity index (χ3v) is 5.29. The van der Waals surface area contributed by atoms with Crippen molar-refractivity contribution >= 4 is 10.0 Å². The molecule has 1 aliphatic carbocycles. The molecule has 0 radical (unpaired) electrons. The Morgan fingerprint density at radius 3 is 2.71 bits per heavy atom. The van der Waals surface area contributed by atoms with Crippen molar-refractivity contribution in [2.45, 2.75) is 43.4 Å². The van der Waals surface area contributed by atoms with Gasteiger partial charge in [-0.3, -0.25) is 0 Å². The Balaban J connectivity index is 1.82. The van der Waals surface area contributed by atoms with Gasteiger partial charge in [-0.15, -0.1) is 0 Å². The van der Waals surface area contributed by atoms with Crippen molar-refractivity contribution in [3.05, 3.63) is 17.9 Å². The van der Waals surface area contributed by atoms with Gasteiger partial charge >= 0.3 is 0 Å². The Morgan fingerprint density at radius 1 is 1.33 bits per heavy atom. The summed E-state index contributed by atoms with van der Waals surface area (Å²) in [6.45, 7) is 1.63. The number of furan rings is 1. The van der Waals surface area contributed by atoms with E-state index in [1.807, 2.05) is 0 Å². The second kappa shape index (κ2) is 7.40. The minimum Gasteiger partial charge on any atom is -0.447 e. The first-order chi connectivity index (χ1) is 10.0.